The van der Waals surface area contributed by atoms with Gasteiger partial charge in [0.15, 0.2) is 6.61 Å². The molecule has 1 N–H and O–H groups in total. The SMILES string of the molecule is O=C(COC(=O)C1CCCCC1c1nc2ccccc2s1)Nc1ccccc1SC(F)F. The predicted molar refractivity (Wildman–Crippen MR) is 122 cm³/mol. The third-order valence-electron chi connectivity index (χ3n) is 5.42. The standard InChI is InChI=1S/C23H22F2N2O3S2/c24-23(25)32-19-12-6-3-9-16(19)26-20(28)13-30-22(29)15-8-2-1-7-14(15)21-27-17-10-4-5-11-18(17)31-21/h3-6,9-12,14-15,23H,1-2,7-8,13H2,(H,26,28). The van der Waals surface area contributed by atoms with Crippen molar-refractivity contribution in [2.24, 2.45) is 5.92 Å². The molecule has 0 aliphatic heterocycles. The summed E-state index contributed by atoms with van der Waals surface area (Å²) >= 11 is 1.95. The van der Waals surface area contributed by atoms with Crippen molar-refractivity contribution in [3.8, 4) is 0 Å². The number of thioether (sulfide) groups is 1. The van der Waals surface area contributed by atoms with E-state index >= 15 is 0 Å². The largest absolute Gasteiger partial charge is 0.455 e. The maximum absolute atomic E-state index is 12.8. The van der Waals surface area contributed by atoms with Crippen LogP contribution in [0.1, 0.15) is 36.6 Å². The first-order chi connectivity index (χ1) is 15.5. The van der Waals surface area contributed by atoms with E-state index in [1.165, 1.54) is 12.1 Å². The maximum atomic E-state index is 12.8. The van der Waals surface area contributed by atoms with Gasteiger partial charge >= 0.3 is 5.97 Å². The summed E-state index contributed by atoms with van der Waals surface area (Å²) in [7, 11) is 0. The molecule has 1 heterocycles. The average Bonchev–Trinajstić information content (AvgIpc) is 3.23. The average molecular weight is 477 g/mol. The zero-order valence-electron chi connectivity index (χ0n) is 17.1. The minimum atomic E-state index is -2.60. The number of esters is 1. The molecule has 168 valence electrons. The first kappa shape index (κ1) is 22.7. The normalized spacial score (nSPS) is 18.6. The van der Waals surface area contributed by atoms with E-state index in [2.05, 4.69) is 5.32 Å². The van der Waals surface area contributed by atoms with Gasteiger partial charge in [-0.15, -0.1) is 11.3 Å². The van der Waals surface area contributed by atoms with Gasteiger partial charge in [-0.25, -0.2) is 4.98 Å². The number of fused-ring (bicyclic) bond motifs is 1. The van der Waals surface area contributed by atoms with E-state index < -0.39 is 24.2 Å². The molecule has 2 aromatic carbocycles. The number of hydrogen-bond acceptors (Lipinski definition) is 6. The van der Waals surface area contributed by atoms with E-state index in [0.29, 0.717) is 18.2 Å². The number of nitrogens with one attached hydrogen (secondary N) is 1. The van der Waals surface area contributed by atoms with Crippen molar-refractivity contribution >= 4 is 50.9 Å². The molecule has 32 heavy (non-hydrogen) atoms. The minimum absolute atomic E-state index is 0.0279. The monoisotopic (exact) mass is 476 g/mol. The van der Waals surface area contributed by atoms with Crippen LogP contribution in [0.3, 0.4) is 0 Å². The number of halogens is 2. The molecule has 1 aliphatic carbocycles. The van der Waals surface area contributed by atoms with Gasteiger partial charge in [0.2, 0.25) is 0 Å². The second-order valence-corrected chi connectivity index (χ2v) is 9.64. The number of ether oxygens (including phenoxy) is 1. The highest BCUT2D eigenvalue weighted by Crippen LogP contribution is 2.41. The summed E-state index contributed by atoms with van der Waals surface area (Å²) in [6.45, 7) is -0.463. The number of thiazole rings is 1. The van der Waals surface area contributed by atoms with Crippen LogP contribution < -0.4 is 5.32 Å². The number of carbonyl (C=O) groups is 2. The van der Waals surface area contributed by atoms with Gasteiger partial charge in [-0.3, -0.25) is 9.59 Å². The molecule has 1 aliphatic rings. The van der Waals surface area contributed by atoms with Gasteiger partial charge in [0.1, 0.15) is 0 Å². The Hall–Kier alpha value is -2.52. The first-order valence-electron chi connectivity index (χ1n) is 10.4. The Morgan fingerprint density at radius 1 is 1.12 bits per heavy atom. The maximum Gasteiger partial charge on any atom is 0.310 e. The minimum Gasteiger partial charge on any atom is -0.455 e. The van der Waals surface area contributed by atoms with Crippen molar-refractivity contribution < 1.29 is 23.1 Å². The molecule has 4 rings (SSSR count). The van der Waals surface area contributed by atoms with Crippen molar-refractivity contribution in [2.45, 2.75) is 42.3 Å². The summed E-state index contributed by atoms with van der Waals surface area (Å²) < 4.78 is 31.9. The van der Waals surface area contributed by atoms with E-state index in [-0.39, 0.29) is 22.4 Å². The summed E-state index contributed by atoms with van der Waals surface area (Å²) in [5.74, 6) is -3.96. The fourth-order valence-corrected chi connectivity index (χ4v) is 5.72. The Balaban J connectivity index is 1.39. The number of hydrogen-bond donors (Lipinski definition) is 1. The van der Waals surface area contributed by atoms with Gasteiger partial charge in [-0.2, -0.15) is 8.78 Å². The molecule has 0 radical (unpaired) electrons. The summed E-state index contributed by atoms with van der Waals surface area (Å²) in [6, 6.07) is 14.2. The van der Waals surface area contributed by atoms with E-state index in [1.807, 2.05) is 24.3 Å². The summed E-state index contributed by atoms with van der Waals surface area (Å²) in [6.07, 6.45) is 3.48. The highest BCUT2D eigenvalue weighted by molar-refractivity contribution is 7.99. The zero-order valence-corrected chi connectivity index (χ0v) is 18.8. The second kappa shape index (κ2) is 10.4. The van der Waals surface area contributed by atoms with Gasteiger partial charge in [0, 0.05) is 10.8 Å². The lowest BCUT2D eigenvalue weighted by molar-refractivity contribution is -0.153. The molecule has 3 aromatic rings. The molecule has 1 fully saturated rings. The van der Waals surface area contributed by atoms with Crippen LogP contribution in [0.4, 0.5) is 14.5 Å². The molecule has 1 saturated carbocycles. The van der Waals surface area contributed by atoms with Gasteiger partial charge < -0.3 is 10.1 Å². The van der Waals surface area contributed by atoms with E-state index in [4.69, 9.17) is 9.72 Å². The molecule has 0 spiro atoms. The fraction of sp³-hybridized carbons (Fsp3) is 0.348. The van der Waals surface area contributed by atoms with Gasteiger partial charge in [-0.05, 0) is 37.1 Å². The molecule has 0 saturated heterocycles. The van der Waals surface area contributed by atoms with Crippen LogP contribution in [-0.2, 0) is 14.3 Å². The number of carbonyl (C=O) groups excluding carboxylic acids is 2. The van der Waals surface area contributed by atoms with Crippen LogP contribution in [0, 0.1) is 5.92 Å². The molecule has 0 bridgehead atoms. The lowest BCUT2D eigenvalue weighted by Crippen LogP contribution is -2.30. The molecular weight excluding hydrogens is 454 g/mol. The Bertz CT molecular complexity index is 1070. The van der Waals surface area contributed by atoms with E-state index in [9.17, 15) is 18.4 Å². The quantitative estimate of drug-likeness (QED) is 0.331. The number of amides is 1. The number of rotatable bonds is 7. The smallest absolute Gasteiger partial charge is 0.310 e. The molecule has 5 nitrogen and oxygen atoms in total. The number of nitrogens with zero attached hydrogens (tertiary/aromatic N) is 1. The summed E-state index contributed by atoms with van der Waals surface area (Å²) in [5, 5.41) is 3.48. The first-order valence-corrected chi connectivity index (χ1v) is 12.1. The third-order valence-corrected chi connectivity index (χ3v) is 7.38. The molecule has 1 aromatic heterocycles. The molecule has 9 heteroatoms. The van der Waals surface area contributed by atoms with Crippen molar-refractivity contribution in [3.05, 3.63) is 53.5 Å². The number of benzene rings is 2. The third kappa shape index (κ3) is 5.45. The number of anilines is 1. The highest BCUT2D eigenvalue weighted by atomic mass is 32.2. The highest BCUT2D eigenvalue weighted by Gasteiger charge is 2.35. The Labute approximate surface area is 192 Å². The van der Waals surface area contributed by atoms with Crippen LogP contribution in [0.15, 0.2) is 53.4 Å². The Morgan fingerprint density at radius 2 is 1.88 bits per heavy atom. The van der Waals surface area contributed by atoms with Crippen LogP contribution in [-0.4, -0.2) is 29.2 Å². The lowest BCUT2D eigenvalue weighted by Gasteiger charge is -2.28. The number of aromatic nitrogens is 1. The number of alkyl halides is 2. The van der Waals surface area contributed by atoms with Crippen molar-refractivity contribution in [3.63, 3.8) is 0 Å². The van der Waals surface area contributed by atoms with Gasteiger partial charge in [0.05, 0.1) is 26.8 Å². The molecule has 1 amide bonds. The summed E-state index contributed by atoms with van der Waals surface area (Å²) in [5.41, 5.74) is 1.19. The van der Waals surface area contributed by atoms with Crippen LogP contribution in [0.25, 0.3) is 10.2 Å². The van der Waals surface area contributed by atoms with Gasteiger partial charge in [0.25, 0.3) is 11.7 Å². The van der Waals surface area contributed by atoms with Crippen LogP contribution in [0.5, 0.6) is 0 Å². The zero-order chi connectivity index (χ0) is 22.5. The van der Waals surface area contributed by atoms with Crippen LogP contribution in [0.2, 0.25) is 0 Å². The molecular formula is C23H22F2N2O3S2. The second-order valence-electron chi connectivity index (χ2n) is 7.55. The van der Waals surface area contributed by atoms with E-state index in [1.54, 1.807) is 23.5 Å². The Kier molecular flexibility index (Phi) is 7.36. The molecule has 2 atom stereocenters. The Morgan fingerprint density at radius 3 is 2.69 bits per heavy atom. The van der Waals surface area contributed by atoms with Crippen molar-refractivity contribution in [1.29, 1.82) is 0 Å². The van der Waals surface area contributed by atoms with Gasteiger partial charge in [-0.1, -0.05) is 48.9 Å². The predicted octanol–water partition coefficient (Wildman–Crippen LogP) is 6.07. The molecule has 2 unspecified atom stereocenters. The lowest BCUT2D eigenvalue weighted by atomic mass is 9.79. The summed E-state index contributed by atoms with van der Waals surface area (Å²) in [4.78, 5) is 30.1. The van der Waals surface area contributed by atoms with Crippen LogP contribution >= 0.6 is 23.1 Å². The number of para-hydroxylation sites is 2. The van der Waals surface area contributed by atoms with Crippen molar-refractivity contribution in [2.75, 3.05) is 11.9 Å². The van der Waals surface area contributed by atoms with Crippen molar-refractivity contribution in [1.82, 2.24) is 4.98 Å². The topological polar surface area (TPSA) is 68.3 Å². The van der Waals surface area contributed by atoms with E-state index in [0.717, 1.165) is 34.5 Å². The fourth-order valence-electron chi connectivity index (χ4n) is 3.96.